The lowest BCUT2D eigenvalue weighted by atomic mass is 10.1. The molecule has 1 aromatic rings. The van der Waals surface area contributed by atoms with Crippen LogP contribution in [0.3, 0.4) is 0 Å². The molecule has 1 nitrogen and oxygen atoms in total. The summed E-state index contributed by atoms with van der Waals surface area (Å²) < 4.78 is 5.91. The Balaban J connectivity index is 2.38. The normalized spacial score (nSPS) is 18.5. The van der Waals surface area contributed by atoms with Gasteiger partial charge in [0.1, 0.15) is 5.75 Å². The molecule has 0 bridgehead atoms. The van der Waals surface area contributed by atoms with E-state index in [1.807, 2.05) is 0 Å². The predicted molar refractivity (Wildman–Crippen MR) is 69.5 cm³/mol. The van der Waals surface area contributed by atoms with Crippen LogP contribution in [-0.2, 0) is 4.75 Å². The third-order valence-electron chi connectivity index (χ3n) is 3.53. The number of methoxy groups -OCH3 is 1. The van der Waals surface area contributed by atoms with E-state index in [0.717, 1.165) is 5.75 Å². The zero-order chi connectivity index (χ0) is 11.1. The smallest absolute Gasteiger partial charge is 0.122 e. The number of hydrogen-bond acceptors (Lipinski definition) is 1. The van der Waals surface area contributed by atoms with Crippen molar-refractivity contribution in [3.63, 3.8) is 0 Å². The van der Waals surface area contributed by atoms with Crippen LogP contribution in [-0.4, -0.2) is 19.6 Å². The van der Waals surface area contributed by atoms with Crippen LogP contribution >= 0.6 is 10.9 Å². The number of rotatable bonds is 3. The highest BCUT2D eigenvalue weighted by Crippen LogP contribution is 2.62. The first-order valence-electron chi connectivity index (χ1n) is 5.43. The molecule has 15 heavy (non-hydrogen) atoms. The number of hydrogen-bond donors (Lipinski definition) is 1. The molecule has 0 radical (unpaired) electrons. The molecule has 2 heteroatoms. The van der Waals surface area contributed by atoms with Gasteiger partial charge in [0, 0.05) is 4.75 Å². The van der Waals surface area contributed by atoms with Gasteiger partial charge in [-0.05, 0) is 49.5 Å². The summed E-state index contributed by atoms with van der Waals surface area (Å²) in [7, 11) is 1.86. The second kappa shape index (κ2) is 3.75. The largest absolute Gasteiger partial charge is 0.496 e. The number of benzene rings is 1. The fourth-order valence-corrected chi connectivity index (χ4v) is 3.88. The molecule has 1 aliphatic carbocycles. The maximum Gasteiger partial charge on any atom is 0.122 e. The molecule has 84 valence electrons. The fourth-order valence-electron chi connectivity index (χ4n) is 2.22. The zero-order valence-corrected chi connectivity index (χ0v) is 10.9. The van der Waals surface area contributed by atoms with Gasteiger partial charge in [0.25, 0.3) is 0 Å². The predicted octanol–water partition coefficient (Wildman–Crippen LogP) is 3.25. The van der Waals surface area contributed by atoms with E-state index in [9.17, 15) is 0 Å². The molecule has 0 heterocycles. The van der Waals surface area contributed by atoms with Crippen molar-refractivity contribution in [1.82, 2.24) is 0 Å². The van der Waals surface area contributed by atoms with E-state index < -0.39 is 0 Å². The molecule has 0 amide bonds. The van der Waals surface area contributed by atoms with Crippen LogP contribution in [0.2, 0.25) is 0 Å². The van der Waals surface area contributed by atoms with Crippen molar-refractivity contribution >= 4 is 10.9 Å². The Hall–Kier alpha value is -0.630. The second-order valence-electron chi connectivity index (χ2n) is 4.61. The SMILES string of the molecule is COc1cc(C2([SH](C)C)CC2)ccc1C. The molecule has 0 aliphatic heterocycles. The Morgan fingerprint density at radius 1 is 1.27 bits per heavy atom. The van der Waals surface area contributed by atoms with E-state index in [2.05, 4.69) is 37.6 Å². The summed E-state index contributed by atoms with van der Waals surface area (Å²) in [5, 5.41) is 0. The maximum atomic E-state index is 5.40. The maximum absolute atomic E-state index is 5.40. The Kier molecular flexibility index (Phi) is 2.72. The first kappa shape index (κ1) is 10.9. The van der Waals surface area contributed by atoms with E-state index in [1.54, 1.807) is 7.11 Å². The molecule has 0 saturated heterocycles. The Labute approximate surface area is 95.2 Å². The van der Waals surface area contributed by atoms with Gasteiger partial charge in [0.2, 0.25) is 0 Å². The quantitative estimate of drug-likeness (QED) is 0.775. The topological polar surface area (TPSA) is 9.23 Å². The standard InChI is InChI=1S/C13H20OS/c1-10-5-6-11(9-12(10)14-2)13(7-8-13)15(3)4/h5-6,9,15H,7-8H2,1-4H3. The second-order valence-corrected chi connectivity index (χ2v) is 7.26. The average Bonchev–Trinajstić information content (AvgIpc) is 2.99. The molecular weight excluding hydrogens is 204 g/mol. The van der Waals surface area contributed by atoms with Crippen molar-refractivity contribution in [2.24, 2.45) is 0 Å². The summed E-state index contributed by atoms with van der Waals surface area (Å²) in [6.45, 7) is 2.10. The van der Waals surface area contributed by atoms with Gasteiger partial charge in [-0.2, -0.15) is 0 Å². The molecule has 1 aliphatic rings. The minimum Gasteiger partial charge on any atom is -0.496 e. The lowest BCUT2D eigenvalue weighted by Crippen LogP contribution is -2.06. The van der Waals surface area contributed by atoms with Crippen molar-refractivity contribution in [1.29, 1.82) is 0 Å². The van der Waals surface area contributed by atoms with Crippen molar-refractivity contribution in [2.45, 2.75) is 24.5 Å². The molecule has 0 atom stereocenters. The molecule has 0 unspecified atom stereocenters. The van der Waals surface area contributed by atoms with Gasteiger partial charge >= 0.3 is 0 Å². The molecule has 1 saturated carbocycles. The summed E-state index contributed by atoms with van der Waals surface area (Å²) >= 11 is 0. The summed E-state index contributed by atoms with van der Waals surface area (Å²) in [5.74, 6) is 1.04. The molecular formula is C13H20OS. The Morgan fingerprint density at radius 3 is 2.40 bits per heavy atom. The van der Waals surface area contributed by atoms with E-state index in [0.29, 0.717) is 4.75 Å². The Bertz CT molecular complexity index is 367. The van der Waals surface area contributed by atoms with Crippen molar-refractivity contribution < 1.29 is 4.74 Å². The molecule has 1 fully saturated rings. The molecule has 1 aromatic carbocycles. The Morgan fingerprint density at radius 2 is 1.93 bits per heavy atom. The van der Waals surface area contributed by atoms with Crippen LogP contribution in [0.25, 0.3) is 0 Å². The van der Waals surface area contributed by atoms with Gasteiger partial charge in [-0.1, -0.05) is 12.1 Å². The van der Waals surface area contributed by atoms with Crippen LogP contribution in [0.1, 0.15) is 24.0 Å². The highest BCUT2D eigenvalue weighted by molar-refractivity contribution is 8.16. The van der Waals surface area contributed by atoms with Gasteiger partial charge in [0.15, 0.2) is 0 Å². The highest BCUT2D eigenvalue weighted by atomic mass is 32.2. The van der Waals surface area contributed by atoms with Gasteiger partial charge in [0.05, 0.1) is 7.11 Å². The van der Waals surface area contributed by atoms with Gasteiger partial charge in [-0.25, -0.2) is 10.9 Å². The monoisotopic (exact) mass is 224 g/mol. The van der Waals surface area contributed by atoms with E-state index in [-0.39, 0.29) is 10.9 Å². The summed E-state index contributed by atoms with van der Waals surface area (Å²) in [5.41, 5.74) is 2.72. The van der Waals surface area contributed by atoms with Crippen molar-refractivity contribution in [3.8, 4) is 5.75 Å². The van der Waals surface area contributed by atoms with Crippen LogP contribution in [0.15, 0.2) is 18.2 Å². The lowest BCUT2D eigenvalue weighted by molar-refractivity contribution is 0.411. The molecule has 0 N–H and O–H groups in total. The number of thiol groups is 1. The third kappa shape index (κ3) is 1.76. The average molecular weight is 224 g/mol. The number of ether oxygens (including phenoxy) is 1. The minimum absolute atomic E-state index is 0.109. The van der Waals surface area contributed by atoms with Crippen molar-refractivity contribution in [2.75, 3.05) is 19.6 Å². The zero-order valence-electron chi connectivity index (χ0n) is 10.0. The summed E-state index contributed by atoms with van der Waals surface area (Å²) in [4.78, 5) is 0. The summed E-state index contributed by atoms with van der Waals surface area (Å²) in [6.07, 6.45) is 7.49. The van der Waals surface area contributed by atoms with Crippen LogP contribution in [0, 0.1) is 6.92 Å². The first-order chi connectivity index (χ1) is 7.10. The molecule has 0 aromatic heterocycles. The summed E-state index contributed by atoms with van der Waals surface area (Å²) in [6, 6.07) is 6.71. The highest BCUT2D eigenvalue weighted by Gasteiger charge is 2.45. The van der Waals surface area contributed by atoms with E-state index in [4.69, 9.17) is 4.74 Å². The van der Waals surface area contributed by atoms with Crippen molar-refractivity contribution in [3.05, 3.63) is 29.3 Å². The van der Waals surface area contributed by atoms with Gasteiger partial charge in [-0.3, -0.25) is 0 Å². The number of aryl methyl sites for hydroxylation is 1. The molecule has 0 spiro atoms. The van der Waals surface area contributed by atoms with Gasteiger partial charge in [-0.15, -0.1) is 0 Å². The lowest BCUT2D eigenvalue weighted by Gasteiger charge is -2.24. The first-order valence-corrected chi connectivity index (χ1v) is 7.66. The van der Waals surface area contributed by atoms with Crippen LogP contribution in [0.4, 0.5) is 0 Å². The van der Waals surface area contributed by atoms with E-state index in [1.165, 1.54) is 24.0 Å². The van der Waals surface area contributed by atoms with Gasteiger partial charge < -0.3 is 4.74 Å². The third-order valence-corrected chi connectivity index (χ3v) is 5.94. The minimum atomic E-state index is 0.109. The van der Waals surface area contributed by atoms with Crippen LogP contribution in [0.5, 0.6) is 5.75 Å². The van der Waals surface area contributed by atoms with E-state index >= 15 is 0 Å². The fraction of sp³-hybridized carbons (Fsp3) is 0.538. The van der Waals surface area contributed by atoms with Crippen LogP contribution < -0.4 is 4.74 Å². The molecule has 2 rings (SSSR count).